The van der Waals surface area contributed by atoms with Crippen LogP contribution in [0.1, 0.15) is 52.9 Å². The van der Waals surface area contributed by atoms with Crippen LogP contribution in [0.15, 0.2) is 0 Å². The van der Waals surface area contributed by atoms with Crippen LogP contribution < -0.4 is 10.6 Å². The molecule has 0 saturated carbocycles. The highest BCUT2D eigenvalue weighted by atomic mass is 16.2. The molecule has 0 bridgehead atoms. The van der Waals surface area contributed by atoms with Gasteiger partial charge in [0.2, 0.25) is 5.91 Å². The van der Waals surface area contributed by atoms with Crippen LogP contribution in [0.2, 0.25) is 0 Å². The minimum absolute atomic E-state index is 0.116. The molecule has 1 amide bonds. The molecule has 4 heteroatoms. The quantitative estimate of drug-likeness (QED) is 0.716. The molecular formula is C16H33N3O. The smallest absolute Gasteiger partial charge is 0.226 e. The Morgan fingerprint density at radius 1 is 1.35 bits per heavy atom. The predicted octanol–water partition coefficient (Wildman–Crippen LogP) is 2.00. The minimum atomic E-state index is -0.116. The normalized spacial score (nSPS) is 19.9. The van der Waals surface area contributed by atoms with Crippen LogP contribution in [-0.2, 0) is 4.79 Å². The summed E-state index contributed by atoms with van der Waals surface area (Å²) in [5.41, 5.74) is -0.116. The van der Waals surface area contributed by atoms with E-state index in [1.807, 2.05) is 0 Å². The lowest BCUT2D eigenvalue weighted by molar-refractivity contribution is -0.133. The van der Waals surface area contributed by atoms with Crippen molar-refractivity contribution in [3.05, 3.63) is 0 Å². The van der Waals surface area contributed by atoms with Gasteiger partial charge in [-0.3, -0.25) is 4.79 Å². The first-order valence-corrected chi connectivity index (χ1v) is 8.25. The first kappa shape index (κ1) is 17.4. The molecule has 1 unspecified atom stereocenters. The molecule has 0 aromatic rings. The fourth-order valence-corrected chi connectivity index (χ4v) is 3.04. The molecule has 0 aromatic heterocycles. The van der Waals surface area contributed by atoms with Gasteiger partial charge in [-0.05, 0) is 52.7 Å². The Bertz CT molecular complexity index is 282. The zero-order chi connectivity index (χ0) is 15.0. The number of nitrogens with one attached hydrogen (secondary N) is 2. The lowest BCUT2D eigenvalue weighted by Gasteiger charge is -2.36. The highest BCUT2D eigenvalue weighted by Crippen LogP contribution is 2.34. The van der Waals surface area contributed by atoms with Crippen molar-refractivity contribution in [2.75, 3.05) is 33.2 Å². The van der Waals surface area contributed by atoms with E-state index in [0.29, 0.717) is 6.04 Å². The number of hydrogen-bond acceptors (Lipinski definition) is 3. The van der Waals surface area contributed by atoms with E-state index in [-0.39, 0.29) is 11.3 Å². The minimum Gasteiger partial charge on any atom is -0.354 e. The highest BCUT2D eigenvalue weighted by Gasteiger charge is 2.38. The Morgan fingerprint density at radius 2 is 2.00 bits per heavy atom. The third-order valence-electron chi connectivity index (χ3n) is 4.86. The lowest BCUT2D eigenvalue weighted by atomic mass is 9.74. The van der Waals surface area contributed by atoms with Crippen molar-refractivity contribution in [2.45, 2.75) is 58.9 Å². The van der Waals surface area contributed by atoms with E-state index < -0.39 is 0 Å². The molecular weight excluding hydrogens is 250 g/mol. The van der Waals surface area contributed by atoms with Crippen LogP contribution in [0.3, 0.4) is 0 Å². The average molecular weight is 283 g/mol. The molecule has 118 valence electrons. The Morgan fingerprint density at radius 3 is 2.55 bits per heavy atom. The van der Waals surface area contributed by atoms with E-state index in [1.54, 1.807) is 0 Å². The van der Waals surface area contributed by atoms with Gasteiger partial charge in [0, 0.05) is 19.1 Å². The topological polar surface area (TPSA) is 44.4 Å². The molecule has 0 spiro atoms. The van der Waals surface area contributed by atoms with Crippen molar-refractivity contribution in [3.8, 4) is 0 Å². The number of rotatable bonds is 8. The maximum absolute atomic E-state index is 12.6. The van der Waals surface area contributed by atoms with Gasteiger partial charge >= 0.3 is 0 Å². The van der Waals surface area contributed by atoms with Crippen molar-refractivity contribution in [2.24, 2.45) is 5.41 Å². The van der Waals surface area contributed by atoms with E-state index in [4.69, 9.17) is 0 Å². The van der Waals surface area contributed by atoms with Gasteiger partial charge in [0.15, 0.2) is 0 Å². The second-order valence-corrected chi connectivity index (χ2v) is 6.27. The zero-order valence-electron chi connectivity index (χ0n) is 13.8. The first-order chi connectivity index (χ1) is 9.55. The molecule has 1 saturated heterocycles. The number of hydrogen-bond donors (Lipinski definition) is 2. The van der Waals surface area contributed by atoms with Crippen LogP contribution in [0.5, 0.6) is 0 Å². The molecule has 1 atom stereocenters. The maximum atomic E-state index is 12.6. The monoisotopic (exact) mass is 283 g/mol. The largest absolute Gasteiger partial charge is 0.354 e. The number of carbonyl (C=O) groups is 1. The van der Waals surface area contributed by atoms with Gasteiger partial charge < -0.3 is 15.5 Å². The van der Waals surface area contributed by atoms with Crippen LogP contribution in [-0.4, -0.2) is 50.1 Å². The van der Waals surface area contributed by atoms with Gasteiger partial charge in [0.25, 0.3) is 0 Å². The van der Waals surface area contributed by atoms with Crippen molar-refractivity contribution < 1.29 is 4.79 Å². The van der Waals surface area contributed by atoms with E-state index >= 15 is 0 Å². The summed E-state index contributed by atoms with van der Waals surface area (Å²) in [7, 11) is 2.13. The molecule has 1 fully saturated rings. The average Bonchev–Trinajstić information content (AvgIpc) is 2.47. The van der Waals surface area contributed by atoms with Gasteiger partial charge in [-0.1, -0.05) is 20.3 Å². The molecule has 1 aliphatic heterocycles. The first-order valence-electron chi connectivity index (χ1n) is 8.25. The van der Waals surface area contributed by atoms with Crippen LogP contribution in [0, 0.1) is 5.41 Å². The third kappa shape index (κ3) is 4.74. The molecule has 0 aromatic carbocycles. The van der Waals surface area contributed by atoms with Crippen LogP contribution in [0.25, 0.3) is 0 Å². The molecule has 0 aliphatic carbocycles. The Labute approximate surface area is 124 Å². The van der Waals surface area contributed by atoms with Gasteiger partial charge in [-0.25, -0.2) is 0 Å². The Kier molecular flexibility index (Phi) is 7.52. The summed E-state index contributed by atoms with van der Waals surface area (Å²) in [6, 6.07) is 0.579. The zero-order valence-corrected chi connectivity index (χ0v) is 13.8. The summed E-state index contributed by atoms with van der Waals surface area (Å²) in [6.45, 7) is 10.2. The van der Waals surface area contributed by atoms with Gasteiger partial charge in [-0.2, -0.15) is 0 Å². The lowest BCUT2D eigenvalue weighted by Crippen LogP contribution is -2.49. The predicted molar refractivity (Wildman–Crippen MR) is 84.8 cm³/mol. The van der Waals surface area contributed by atoms with E-state index in [1.165, 1.54) is 0 Å². The SMILES string of the molecule is CCCC1(C(=O)NCCN(C)C(C)CC)CCNCC1. The molecule has 1 rings (SSSR count). The Balaban J connectivity index is 2.42. The van der Waals surface area contributed by atoms with Gasteiger partial charge in [-0.15, -0.1) is 0 Å². The summed E-state index contributed by atoms with van der Waals surface area (Å²) in [6.07, 6.45) is 5.21. The summed E-state index contributed by atoms with van der Waals surface area (Å²) in [5.74, 6) is 0.276. The fraction of sp³-hybridized carbons (Fsp3) is 0.938. The van der Waals surface area contributed by atoms with Crippen molar-refractivity contribution in [3.63, 3.8) is 0 Å². The fourth-order valence-electron chi connectivity index (χ4n) is 3.04. The van der Waals surface area contributed by atoms with Crippen LogP contribution >= 0.6 is 0 Å². The van der Waals surface area contributed by atoms with Gasteiger partial charge in [0.05, 0.1) is 5.41 Å². The highest BCUT2D eigenvalue weighted by molar-refractivity contribution is 5.82. The molecule has 4 nitrogen and oxygen atoms in total. The molecule has 0 radical (unpaired) electrons. The Hall–Kier alpha value is -0.610. The summed E-state index contributed by atoms with van der Waals surface area (Å²) >= 11 is 0. The third-order valence-corrected chi connectivity index (χ3v) is 4.86. The second-order valence-electron chi connectivity index (χ2n) is 6.27. The number of piperidine rings is 1. The molecule has 1 heterocycles. The number of likely N-dealkylation sites (N-methyl/N-ethyl adjacent to an activating group) is 1. The second kappa shape index (κ2) is 8.63. The van der Waals surface area contributed by atoms with Crippen molar-refractivity contribution in [1.82, 2.24) is 15.5 Å². The van der Waals surface area contributed by atoms with Crippen LogP contribution in [0.4, 0.5) is 0 Å². The van der Waals surface area contributed by atoms with E-state index in [0.717, 1.165) is 58.3 Å². The number of amides is 1. The number of nitrogens with zero attached hydrogens (tertiary/aromatic N) is 1. The van der Waals surface area contributed by atoms with Crippen molar-refractivity contribution in [1.29, 1.82) is 0 Å². The summed E-state index contributed by atoms with van der Waals surface area (Å²) in [4.78, 5) is 14.9. The van der Waals surface area contributed by atoms with Gasteiger partial charge in [0.1, 0.15) is 0 Å². The standard InChI is InChI=1S/C16H33N3O/c1-5-7-16(8-10-17-11-9-16)15(20)18-12-13-19(4)14(3)6-2/h14,17H,5-13H2,1-4H3,(H,18,20). The summed E-state index contributed by atoms with van der Waals surface area (Å²) < 4.78 is 0. The molecule has 1 aliphatic rings. The number of carbonyl (C=O) groups excluding carboxylic acids is 1. The van der Waals surface area contributed by atoms with E-state index in [2.05, 4.69) is 43.4 Å². The van der Waals surface area contributed by atoms with Crippen molar-refractivity contribution >= 4 is 5.91 Å². The maximum Gasteiger partial charge on any atom is 0.226 e. The van der Waals surface area contributed by atoms with E-state index in [9.17, 15) is 4.79 Å². The molecule has 20 heavy (non-hydrogen) atoms. The molecule has 2 N–H and O–H groups in total. The summed E-state index contributed by atoms with van der Waals surface area (Å²) in [5, 5.41) is 6.54.